The fraction of sp³-hybridized carbons (Fsp3) is 0.143. The first-order valence-corrected chi connectivity index (χ1v) is 9.91. The van der Waals surface area contributed by atoms with E-state index in [-0.39, 0.29) is 17.1 Å². The highest BCUT2D eigenvalue weighted by atomic mass is 32.2. The fourth-order valence-corrected chi connectivity index (χ4v) is 3.94. The molecule has 29 heavy (non-hydrogen) atoms. The first-order valence-electron chi connectivity index (χ1n) is 8.93. The molecule has 0 fully saturated rings. The minimum absolute atomic E-state index is 0.0461. The van der Waals surface area contributed by atoms with Crippen molar-refractivity contribution in [2.45, 2.75) is 12.1 Å². The normalized spacial score (nSPS) is 12.0. The Balaban J connectivity index is 1.64. The summed E-state index contributed by atoms with van der Waals surface area (Å²) in [7, 11) is 1.83. The van der Waals surface area contributed by atoms with Crippen LogP contribution in [0.1, 0.15) is 11.4 Å². The Bertz CT molecular complexity index is 1260. The summed E-state index contributed by atoms with van der Waals surface area (Å²) in [6, 6.07) is 17.6. The molecule has 0 aliphatic heterocycles. The number of allylic oxidation sites excluding steroid dienone is 1. The molecule has 4 aromatic rings. The van der Waals surface area contributed by atoms with Crippen LogP contribution in [-0.2, 0) is 7.05 Å². The number of hydrogen-bond acceptors (Lipinski definition) is 6. The van der Waals surface area contributed by atoms with Gasteiger partial charge in [0.05, 0.1) is 22.5 Å². The van der Waals surface area contributed by atoms with Crippen molar-refractivity contribution < 1.29 is 5.11 Å². The van der Waals surface area contributed by atoms with Gasteiger partial charge in [-0.15, -0.1) is 10.2 Å². The zero-order valence-electron chi connectivity index (χ0n) is 15.9. The van der Waals surface area contributed by atoms with Gasteiger partial charge in [-0.3, -0.25) is 4.57 Å². The standard InChI is InChI=1S/C21H18N6OS/c1-14-7-3-5-9-17(14)27-13-23-25-21(27)29-12-19(28)15(11-22)20-24-16-8-4-6-10-18(16)26(20)2/h3-10,13,28H,12H2,1-2H3. The number of nitriles is 1. The lowest BCUT2D eigenvalue weighted by Gasteiger charge is -2.09. The van der Waals surface area contributed by atoms with Crippen LogP contribution in [0.2, 0.25) is 0 Å². The smallest absolute Gasteiger partial charge is 0.196 e. The molecule has 1 N–H and O–H groups in total. The van der Waals surface area contributed by atoms with Crippen molar-refractivity contribution in [3.8, 4) is 11.8 Å². The van der Waals surface area contributed by atoms with E-state index in [1.54, 1.807) is 6.33 Å². The number of para-hydroxylation sites is 3. The fourth-order valence-electron chi connectivity index (χ4n) is 3.14. The number of aliphatic hydroxyl groups is 1. The van der Waals surface area contributed by atoms with Gasteiger partial charge in [-0.1, -0.05) is 42.1 Å². The summed E-state index contributed by atoms with van der Waals surface area (Å²) in [5.74, 6) is 0.568. The molecule has 0 saturated heterocycles. The number of aliphatic hydroxyl groups excluding tert-OH is 1. The SMILES string of the molecule is Cc1ccccc1-n1cnnc1SCC(O)=C(C#N)c1nc2ccccc2n1C. The molecule has 2 heterocycles. The van der Waals surface area contributed by atoms with Gasteiger partial charge in [0, 0.05) is 7.05 Å². The van der Waals surface area contributed by atoms with E-state index in [1.165, 1.54) is 11.8 Å². The summed E-state index contributed by atoms with van der Waals surface area (Å²) in [6.07, 6.45) is 1.64. The molecule has 144 valence electrons. The highest BCUT2D eigenvalue weighted by Crippen LogP contribution is 2.27. The van der Waals surface area contributed by atoms with Crippen molar-refractivity contribution in [2.24, 2.45) is 7.05 Å². The van der Waals surface area contributed by atoms with Gasteiger partial charge in [0.15, 0.2) is 11.0 Å². The average molecular weight is 402 g/mol. The van der Waals surface area contributed by atoms with E-state index in [2.05, 4.69) is 21.3 Å². The van der Waals surface area contributed by atoms with Crippen LogP contribution in [0.25, 0.3) is 22.3 Å². The second-order valence-corrected chi connectivity index (χ2v) is 7.42. The predicted molar refractivity (Wildman–Crippen MR) is 113 cm³/mol. The molecular weight excluding hydrogens is 384 g/mol. The molecule has 0 atom stereocenters. The van der Waals surface area contributed by atoms with Gasteiger partial charge in [-0.2, -0.15) is 5.26 Å². The maximum atomic E-state index is 10.7. The van der Waals surface area contributed by atoms with Crippen molar-refractivity contribution in [1.29, 1.82) is 5.26 Å². The highest BCUT2D eigenvalue weighted by molar-refractivity contribution is 7.99. The Kier molecular flexibility index (Phi) is 5.06. The van der Waals surface area contributed by atoms with Gasteiger partial charge in [0.2, 0.25) is 0 Å². The first kappa shape index (κ1) is 18.8. The van der Waals surface area contributed by atoms with E-state index in [0.717, 1.165) is 22.3 Å². The van der Waals surface area contributed by atoms with Crippen molar-refractivity contribution in [3.63, 3.8) is 0 Å². The maximum absolute atomic E-state index is 10.7. The number of hydrogen-bond donors (Lipinski definition) is 1. The number of thioether (sulfide) groups is 1. The topological polar surface area (TPSA) is 92.5 Å². The van der Waals surface area contributed by atoms with Gasteiger partial charge in [0.1, 0.15) is 23.7 Å². The molecular formula is C21H18N6OS. The Morgan fingerprint density at radius 1 is 1.17 bits per heavy atom. The number of aromatic nitrogens is 5. The lowest BCUT2D eigenvalue weighted by atomic mass is 10.2. The van der Waals surface area contributed by atoms with Gasteiger partial charge in [-0.05, 0) is 30.7 Å². The molecule has 0 radical (unpaired) electrons. The van der Waals surface area contributed by atoms with E-state index in [9.17, 15) is 10.4 Å². The van der Waals surface area contributed by atoms with Crippen LogP contribution in [0, 0.1) is 18.3 Å². The van der Waals surface area contributed by atoms with Crippen LogP contribution in [0.5, 0.6) is 0 Å². The van der Waals surface area contributed by atoms with E-state index in [1.807, 2.05) is 71.6 Å². The number of imidazole rings is 1. The van der Waals surface area contributed by atoms with Crippen LogP contribution >= 0.6 is 11.8 Å². The molecule has 0 unspecified atom stereocenters. The van der Waals surface area contributed by atoms with Gasteiger partial charge in [0.25, 0.3) is 0 Å². The minimum Gasteiger partial charge on any atom is -0.510 e. The van der Waals surface area contributed by atoms with E-state index in [4.69, 9.17) is 0 Å². The lowest BCUT2D eigenvalue weighted by Crippen LogP contribution is -2.02. The number of rotatable bonds is 5. The largest absolute Gasteiger partial charge is 0.510 e. The summed E-state index contributed by atoms with van der Waals surface area (Å²) in [6.45, 7) is 2.01. The zero-order chi connectivity index (χ0) is 20.4. The Morgan fingerprint density at radius 3 is 2.69 bits per heavy atom. The Hall–Kier alpha value is -3.57. The summed E-state index contributed by atoms with van der Waals surface area (Å²) in [4.78, 5) is 4.51. The molecule has 0 amide bonds. The molecule has 2 aromatic carbocycles. The summed E-state index contributed by atoms with van der Waals surface area (Å²) < 4.78 is 3.68. The Labute approximate surface area is 172 Å². The van der Waals surface area contributed by atoms with Crippen LogP contribution in [0.4, 0.5) is 0 Å². The monoisotopic (exact) mass is 402 g/mol. The predicted octanol–water partition coefficient (Wildman–Crippen LogP) is 4.05. The molecule has 4 rings (SSSR count). The zero-order valence-corrected chi connectivity index (χ0v) is 16.8. The van der Waals surface area contributed by atoms with E-state index < -0.39 is 0 Å². The number of fused-ring (bicyclic) bond motifs is 1. The second-order valence-electron chi connectivity index (χ2n) is 6.48. The minimum atomic E-state index is -0.0461. The summed E-state index contributed by atoms with van der Waals surface area (Å²) in [5, 5.41) is 29.1. The lowest BCUT2D eigenvalue weighted by molar-refractivity contribution is 0.420. The van der Waals surface area contributed by atoms with Crippen LogP contribution in [0.15, 0.2) is 65.8 Å². The number of benzene rings is 2. The quantitative estimate of drug-likeness (QED) is 0.308. The van der Waals surface area contributed by atoms with E-state index >= 15 is 0 Å². The van der Waals surface area contributed by atoms with E-state index in [0.29, 0.717) is 11.0 Å². The van der Waals surface area contributed by atoms with Gasteiger partial charge in [-0.25, -0.2) is 4.98 Å². The highest BCUT2D eigenvalue weighted by Gasteiger charge is 2.17. The molecule has 0 saturated carbocycles. The van der Waals surface area contributed by atoms with Crippen LogP contribution < -0.4 is 0 Å². The van der Waals surface area contributed by atoms with Crippen molar-refractivity contribution in [2.75, 3.05) is 5.75 Å². The Morgan fingerprint density at radius 2 is 1.93 bits per heavy atom. The third-order valence-corrected chi connectivity index (χ3v) is 5.59. The van der Waals surface area contributed by atoms with Crippen molar-refractivity contribution >= 4 is 28.4 Å². The van der Waals surface area contributed by atoms with Gasteiger partial charge >= 0.3 is 0 Å². The van der Waals surface area contributed by atoms with Crippen molar-refractivity contribution in [3.05, 3.63) is 72.0 Å². The maximum Gasteiger partial charge on any atom is 0.196 e. The molecule has 0 spiro atoms. The molecule has 7 nitrogen and oxygen atoms in total. The molecule has 0 aliphatic carbocycles. The molecule has 2 aromatic heterocycles. The average Bonchev–Trinajstić information content (AvgIpc) is 3.33. The first-order chi connectivity index (χ1) is 14.1. The van der Waals surface area contributed by atoms with Crippen LogP contribution in [-0.4, -0.2) is 35.2 Å². The third kappa shape index (κ3) is 3.48. The number of aryl methyl sites for hydroxylation is 2. The number of nitrogens with zero attached hydrogens (tertiary/aromatic N) is 6. The summed E-state index contributed by atoms with van der Waals surface area (Å²) >= 11 is 1.31. The van der Waals surface area contributed by atoms with Crippen LogP contribution in [0.3, 0.4) is 0 Å². The molecule has 0 bridgehead atoms. The molecule has 8 heteroatoms. The molecule has 0 aliphatic rings. The van der Waals surface area contributed by atoms with Crippen molar-refractivity contribution in [1.82, 2.24) is 24.3 Å². The summed E-state index contributed by atoms with van der Waals surface area (Å²) in [5.41, 5.74) is 3.89. The van der Waals surface area contributed by atoms with Gasteiger partial charge < -0.3 is 9.67 Å². The third-order valence-electron chi connectivity index (χ3n) is 4.64. The second kappa shape index (κ2) is 7.81.